The van der Waals surface area contributed by atoms with Crippen LogP contribution in [0, 0.1) is 0 Å². The average molecular weight is 359 g/mol. The molecule has 1 aromatic rings. The van der Waals surface area contributed by atoms with Gasteiger partial charge in [0.2, 0.25) is 11.8 Å². The summed E-state index contributed by atoms with van der Waals surface area (Å²) in [4.78, 5) is 34.7. The second-order valence-electron chi connectivity index (χ2n) is 5.81. The number of alkyl halides is 1. The molecule has 0 radical (unpaired) electrons. The fraction of sp³-hybridized carbons (Fsp3) is 0.211. The highest BCUT2D eigenvalue weighted by Crippen LogP contribution is 2.26. The molecule has 0 spiro atoms. The molecule has 1 unspecified atom stereocenters. The van der Waals surface area contributed by atoms with Gasteiger partial charge in [-0.2, -0.15) is 0 Å². The Morgan fingerprint density at radius 1 is 1.24 bits per heavy atom. The number of ketones is 1. The van der Waals surface area contributed by atoms with E-state index in [1.54, 1.807) is 37.3 Å². The molecule has 0 fully saturated rings. The van der Waals surface area contributed by atoms with Crippen LogP contribution in [-0.2, 0) is 14.4 Å². The van der Waals surface area contributed by atoms with Gasteiger partial charge in [0.05, 0.1) is 6.42 Å². The number of allylic oxidation sites excluding steroid dienone is 2. The zero-order chi connectivity index (χ0) is 18.4. The third-order valence-corrected chi connectivity index (χ3v) is 3.93. The molecule has 6 heteroatoms. The predicted octanol–water partition coefficient (Wildman–Crippen LogP) is 3.10. The lowest BCUT2D eigenvalue weighted by Crippen LogP contribution is -2.43. The van der Waals surface area contributed by atoms with Gasteiger partial charge in [-0.25, -0.2) is 0 Å². The van der Waals surface area contributed by atoms with Crippen LogP contribution >= 0.6 is 11.6 Å². The number of hydrogen-bond donors (Lipinski definition) is 2. The molecule has 0 bridgehead atoms. The Balaban J connectivity index is 1.91. The van der Waals surface area contributed by atoms with E-state index in [-0.39, 0.29) is 30.4 Å². The highest BCUT2D eigenvalue weighted by Gasteiger charge is 2.29. The Bertz CT molecular complexity index is 768. The fourth-order valence-electron chi connectivity index (χ4n) is 2.19. The normalized spacial score (nSPS) is 18.9. The molecule has 0 aromatic heterocycles. The minimum atomic E-state index is -1.09. The van der Waals surface area contributed by atoms with E-state index >= 15 is 0 Å². The highest BCUT2D eigenvalue weighted by molar-refractivity contribution is 6.27. The number of nitrogens with one attached hydrogen (secondary N) is 2. The predicted molar refractivity (Wildman–Crippen MR) is 98.1 cm³/mol. The molecule has 1 aliphatic carbocycles. The molecule has 2 N–H and O–H groups in total. The van der Waals surface area contributed by atoms with Crippen molar-refractivity contribution in [2.24, 2.45) is 0 Å². The molecule has 130 valence electrons. The maximum absolute atomic E-state index is 12.2. The first-order valence-electron chi connectivity index (χ1n) is 7.73. The summed E-state index contributed by atoms with van der Waals surface area (Å²) in [7, 11) is 0. The summed E-state index contributed by atoms with van der Waals surface area (Å²) in [5, 5.41) is 5.30. The molecule has 25 heavy (non-hydrogen) atoms. The summed E-state index contributed by atoms with van der Waals surface area (Å²) in [6, 6.07) is 8.92. The lowest BCUT2D eigenvalue weighted by atomic mass is 9.97. The minimum absolute atomic E-state index is 0.242. The highest BCUT2D eigenvalue weighted by atomic mass is 35.5. The summed E-state index contributed by atoms with van der Waals surface area (Å²) in [6.45, 7) is 5.13. The second-order valence-corrected chi connectivity index (χ2v) is 6.48. The quantitative estimate of drug-likeness (QED) is 0.355. The SMILES string of the molecule is C=C(C)C(=O)NC1(Cl)C=CC(C(=O)CC(=O)Nc2ccccc2)=CC1. The summed E-state index contributed by atoms with van der Waals surface area (Å²) in [6.07, 6.45) is 4.65. The largest absolute Gasteiger partial charge is 0.330 e. The van der Waals surface area contributed by atoms with Gasteiger partial charge >= 0.3 is 0 Å². The molecule has 2 rings (SSSR count). The van der Waals surface area contributed by atoms with Gasteiger partial charge in [-0.15, -0.1) is 0 Å². The van der Waals surface area contributed by atoms with Crippen LogP contribution in [0.1, 0.15) is 19.8 Å². The molecule has 1 aliphatic rings. The number of rotatable bonds is 6. The summed E-state index contributed by atoms with van der Waals surface area (Å²) in [5.74, 6) is -1.05. The van der Waals surface area contributed by atoms with Gasteiger partial charge in [-0.3, -0.25) is 14.4 Å². The number of para-hydroxylation sites is 1. The Labute approximate surface area is 151 Å². The van der Waals surface area contributed by atoms with Crippen molar-refractivity contribution in [1.29, 1.82) is 0 Å². The van der Waals surface area contributed by atoms with Crippen LogP contribution < -0.4 is 10.6 Å². The number of anilines is 1. The number of carbonyl (C=O) groups excluding carboxylic acids is 3. The molecule has 0 saturated heterocycles. The van der Waals surface area contributed by atoms with Crippen molar-refractivity contribution in [2.75, 3.05) is 5.32 Å². The maximum Gasteiger partial charge on any atom is 0.247 e. The molecule has 0 heterocycles. The molecule has 2 amide bonds. The van der Waals surface area contributed by atoms with E-state index in [2.05, 4.69) is 17.2 Å². The Morgan fingerprint density at radius 3 is 2.48 bits per heavy atom. The lowest BCUT2D eigenvalue weighted by molar-refractivity contribution is -0.123. The summed E-state index contributed by atoms with van der Waals surface area (Å²) in [5.41, 5.74) is 1.37. The van der Waals surface area contributed by atoms with Crippen LogP contribution in [0.3, 0.4) is 0 Å². The van der Waals surface area contributed by atoms with Crippen molar-refractivity contribution in [3.05, 3.63) is 66.3 Å². The molecule has 0 saturated carbocycles. The van der Waals surface area contributed by atoms with Crippen molar-refractivity contribution in [3.8, 4) is 0 Å². The lowest BCUT2D eigenvalue weighted by Gasteiger charge is -2.26. The number of hydrogen-bond acceptors (Lipinski definition) is 3. The van der Waals surface area contributed by atoms with E-state index in [1.165, 1.54) is 12.2 Å². The van der Waals surface area contributed by atoms with Crippen LogP contribution in [0.2, 0.25) is 0 Å². The van der Waals surface area contributed by atoms with Crippen LogP contribution in [0.4, 0.5) is 5.69 Å². The Morgan fingerprint density at radius 2 is 1.92 bits per heavy atom. The van der Waals surface area contributed by atoms with Crippen molar-refractivity contribution in [2.45, 2.75) is 24.8 Å². The van der Waals surface area contributed by atoms with E-state index in [4.69, 9.17) is 11.6 Å². The number of Topliss-reactive ketones (excluding diaryl/α,β-unsaturated/α-hetero) is 1. The zero-order valence-electron chi connectivity index (χ0n) is 13.8. The average Bonchev–Trinajstić information content (AvgIpc) is 2.55. The van der Waals surface area contributed by atoms with Gasteiger partial charge in [0.1, 0.15) is 5.00 Å². The topological polar surface area (TPSA) is 75.3 Å². The van der Waals surface area contributed by atoms with E-state index in [9.17, 15) is 14.4 Å². The van der Waals surface area contributed by atoms with Crippen LogP contribution in [0.25, 0.3) is 0 Å². The maximum atomic E-state index is 12.2. The third kappa shape index (κ3) is 5.43. The van der Waals surface area contributed by atoms with Crippen molar-refractivity contribution >= 4 is 34.9 Å². The molecular formula is C19H19ClN2O3. The van der Waals surface area contributed by atoms with E-state index in [0.29, 0.717) is 16.8 Å². The second kappa shape index (κ2) is 7.94. The number of halogens is 1. The molecule has 5 nitrogen and oxygen atoms in total. The number of carbonyl (C=O) groups is 3. The van der Waals surface area contributed by atoms with Crippen LogP contribution in [0.5, 0.6) is 0 Å². The fourth-order valence-corrected chi connectivity index (χ4v) is 2.41. The van der Waals surface area contributed by atoms with E-state index in [0.717, 1.165) is 0 Å². The van der Waals surface area contributed by atoms with Crippen LogP contribution in [0.15, 0.2) is 66.3 Å². The van der Waals surface area contributed by atoms with Crippen molar-refractivity contribution in [1.82, 2.24) is 5.32 Å². The van der Waals surface area contributed by atoms with Gasteiger partial charge < -0.3 is 10.6 Å². The van der Waals surface area contributed by atoms with E-state index in [1.807, 2.05) is 6.07 Å². The standard InChI is InChI=1S/C19H19ClN2O3/c1-13(2)18(25)22-19(20)10-8-14(9-11-19)16(23)12-17(24)21-15-6-4-3-5-7-15/h3-10H,1,11-12H2,2H3,(H,21,24)(H,22,25). The van der Waals surface area contributed by atoms with Gasteiger partial charge in [0, 0.05) is 23.3 Å². The molecule has 1 aromatic carbocycles. The molecule has 1 atom stereocenters. The van der Waals surface area contributed by atoms with E-state index < -0.39 is 5.00 Å². The Hall–Kier alpha value is -2.66. The van der Waals surface area contributed by atoms with Gasteiger partial charge in [0.25, 0.3) is 0 Å². The van der Waals surface area contributed by atoms with Crippen molar-refractivity contribution < 1.29 is 14.4 Å². The first-order chi connectivity index (χ1) is 11.8. The molecule has 0 aliphatic heterocycles. The zero-order valence-corrected chi connectivity index (χ0v) is 14.6. The monoisotopic (exact) mass is 358 g/mol. The molecular weight excluding hydrogens is 340 g/mol. The first-order valence-corrected chi connectivity index (χ1v) is 8.11. The Kier molecular flexibility index (Phi) is 5.93. The number of benzene rings is 1. The summed E-state index contributed by atoms with van der Waals surface area (Å²) < 4.78 is 0. The number of amides is 2. The third-order valence-electron chi connectivity index (χ3n) is 3.56. The van der Waals surface area contributed by atoms with Gasteiger partial charge in [-0.1, -0.05) is 48.5 Å². The smallest absolute Gasteiger partial charge is 0.247 e. The van der Waals surface area contributed by atoms with Gasteiger partial charge in [0.15, 0.2) is 5.78 Å². The van der Waals surface area contributed by atoms with Crippen molar-refractivity contribution in [3.63, 3.8) is 0 Å². The minimum Gasteiger partial charge on any atom is -0.330 e. The van der Waals surface area contributed by atoms with Gasteiger partial charge in [-0.05, 0) is 25.1 Å². The van der Waals surface area contributed by atoms with Crippen LogP contribution in [-0.4, -0.2) is 22.6 Å². The summed E-state index contributed by atoms with van der Waals surface area (Å²) >= 11 is 6.30. The first kappa shape index (κ1) is 18.7.